The van der Waals surface area contributed by atoms with Crippen LogP contribution in [0.1, 0.15) is 39.2 Å². The minimum Gasteiger partial charge on any atom is -0.322 e. The maximum atomic E-state index is 13.1. The number of nitrogens with zero attached hydrogens (tertiary/aromatic N) is 1. The van der Waals surface area contributed by atoms with Gasteiger partial charge in [-0.1, -0.05) is 30.3 Å². The Morgan fingerprint density at radius 1 is 1.04 bits per heavy atom. The van der Waals surface area contributed by atoms with Gasteiger partial charge in [-0.15, -0.1) is 0 Å². The predicted octanol–water partition coefficient (Wildman–Crippen LogP) is 4.59. The number of aryl methyl sites for hydroxylation is 2. The summed E-state index contributed by atoms with van der Waals surface area (Å²) in [6.45, 7) is 4.10. The molecule has 0 bridgehead atoms. The summed E-state index contributed by atoms with van der Waals surface area (Å²) in [4.78, 5) is 17.9. The van der Waals surface area contributed by atoms with E-state index in [9.17, 15) is 4.79 Å². The second-order valence-corrected chi connectivity index (χ2v) is 6.48. The van der Waals surface area contributed by atoms with E-state index in [2.05, 4.69) is 18.3 Å². The lowest BCUT2D eigenvalue weighted by atomic mass is 10.00. The summed E-state index contributed by atoms with van der Waals surface area (Å²) in [6.07, 6.45) is 2.97. The first kappa shape index (κ1) is 14.9. The van der Waals surface area contributed by atoms with Gasteiger partial charge in [-0.25, -0.2) is 0 Å². The zero-order valence-electron chi connectivity index (χ0n) is 14.0. The Bertz CT molecular complexity index is 959. The molecule has 120 valence electrons. The molecule has 3 aromatic rings. The van der Waals surface area contributed by atoms with Gasteiger partial charge in [0.25, 0.3) is 5.91 Å². The Morgan fingerprint density at radius 2 is 1.88 bits per heavy atom. The van der Waals surface area contributed by atoms with Crippen molar-refractivity contribution < 1.29 is 4.79 Å². The van der Waals surface area contributed by atoms with E-state index in [-0.39, 0.29) is 5.91 Å². The topological polar surface area (TPSA) is 42.0 Å². The van der Waals surface area contributed by atoms with Crippen molar-refractivity contribution in [3.8, 4) is 0 Å². The van der Waals surface area contributed by atoms with E-state index >= 15 is 0 Å². The minimum atomic E-state index is -0.0274. The molecule has 1 N–H and O–H groups in total. The number of aromatic nitrogens is 1. The molecule has 2 aromatic carbocycles. The number of hydrogen-bond acceptors (Lipinski definition) is 2. The fourth-order valence-electron chi connectivity index (χ4n) is 3.54. The number of para-hydroxylation sites is 1. The van der Waals surface area contributed by atoms with Gasteiger partial charge in [0, 0.05) is 16.8 Å². The van der Waals surface area contributed by atoms with Crippen molar-refractivity contribution in [2.45, 2.75) is 33.1 Å². The molecule has 0 radical (unpaired) electrons. The van der Waals surface area contributed by atoms with Crippen molar-refractivity contribution >= 4 is 22.5 Å². The fourth-order valence-corrected chi connectivity index (χ4v) is 3.54. The van der Waals surface area contributed by atoms with Crippen LogP contribution in [0.2, 0.25) is 0 Å². The number of fused-ring (bicyclic) bond motifs is 2. The van der Waals surface area contributed by atoms with Gasteiger partial charge in [-0.2, -0.15) is 0 Å². The highest BCUT2D eigenvalue weighted by Gasteiger charge is 2.24. The van der Waals surface area contributed by atoms with Crippen molar-refractivity contribution in [1.29, 1.82) is 0 Å². The maximum Gasteiger partial charge on any atom is 0.256 e. The van der Waals surface area contributed by atoms with Crippen LogP contribution in [0.3, 0.4) is 0 Å². The molecule has 1 aliphatic rings. The van der Waals surface area contributed by atoms with E-state index in [1.807, 2.05) is 43.3 Å². The van der Waals surface area contributed by atoms with Gasteiger partial charge in [-0.3, -0.25) is 9.78 Å². The van der Waals surface area contributed by atoms with Gasteiger partial charge >= 0.3 is 0 Å². The van der Waals surface area contributed by atoms with E-state index in [1.54, 1.807) is 0 Å². The summed E-state index contributed by atoms with van der Waals surface area (Å²) >= 11 is 0. The Hall–Kier alpha value is -2.68. The molecule has 0 fully saturated rings. The second-order valence-electron chi connectivity index (χ2n) is 6.48. The van der Waals surface area contributed by atoms with Crippen LogP contribution in [0.25, 0.3) is 10.9 Å². The zero-order valence-corrected chi connectivity index (χ0v) is 14.0. The van der Waals surface area contributed by atoms with Crippen LogP contribution >= 0.6 is 0 Å². The number of nitrogens with one attached hydrogen (secondary N) is 1. The Balaban J connectivity index is 1.84. The van der Waals surface area contributed by atoms with Crippen LogP contribution in [-0.2, 0) is 12.8 Å². The molecule has 0 saturated carbocycles. The molecule has 24 heavy (non-hydrogen) atoms. The van der Waals surface area contributed by atoms with Crippen molar-refractivity contribution in [2.75, 3.05) is 5.32 Å². The number of carbonyl (C=O) groups excluding carboxylic acids is 1. The monoisotopic (exact) mass is 316 g/mol. The molecule has 3 nitrogen and oxygen atoms in total. The lowest BCUT2D eigenvalue weighted by Gasteiger charge is -2.14. The molecule has 0 saturated heterocycles. The average molecular weight is 316 g/mol. The summed E-state index contributed by atoms with van der Waals surface area (Å²) in [5, 5.41) is 4.07. The van der Waals surface area contributed by atoms with Crippen LogP contribution in [0.15, 0.2) is 42.5 Å². The van der Waals surface area contributed by atoms with Crippen molar-refractivity contribution in [2.24, 2.45) is 0 Å². The molecule has 4 rings (SSSR count). The quantitative estimate of drug-likeness (QED) is 0.751. The number of carbonyl (C=O) groups is 1. The molecular formula is C21H20N2O. The van der Waals surface area contributed by atoms with Crippen LogP contribution in [0, 0.1) is 13.8 Å². The van der Waals surface area contributed by atoms with Crippen LogP contribution in [0.5, 0.6) is 0 Å². The molecular weight excluding hydrogens is 296 g/mol. The Labute approximate surface area is 141 Å². The molecule has 0 unspecified atom stereocenters. The number of rotatable bonds is 2. The molecule has 0 atom stereocenters. The van der Waals surface area contributed by atoms with Gasteiger partial charge < -0.3 is 5.32 Å². The van der Waals surface area contributed by atoms with E-state index < -0.39 is 0 Å². The van der Waals surface area contributed by atoms with Crippen LogP contribution < -0.4 is 5.32 Å². The maximum absolute atomic E-state index is 13.1. The predicted molar refractivity (Wildman–Crippen MR) is 97.6 cm³/mol. The molecule has 1 aliphatic carbocycles. The number of amides is 1. The van der Waals surface area contributed by atoms with Crippen molar-refractivity contribution in [3.05, 3.63) is 70.4 Å². The number of pyridine rings is 1. The first-order valence-electron chi connectivity index (χ1n) is 8.43. The molecule has 0 spiro atoms. The molecule has 1 amide bonds. The third-order valence-electron chi connectivity index (χ3n) is 5.00. The molecule has 1 aromatic heterocycles. The fraction of sp³-hybridized carbons (Fsp3) is 0.238. The van der Waals surface area contributed by atoms with Gasteiger partial charge in [0.05, 0.1) is 11.1 Å². The van der Waals surface area contributed by atoms with E-state index in [0.717, 1.165) is 58.2 Å². The van der Waals surface area contributed by atoms with E-state index in [0.29, 0.717) is 0 Å². The molecule has 0 aliphatic heterocycles. The van der Waals surface area contributed by atoms with Gasteiger partial charge in [0.2, 0.25) is 0 Å². The summed E-state index contributed by atoms with van der Waals surface area (Å²) < 4.78 is 0. The van der Waals surface area contributed by atoms with Gasteiger partial charge in [0.1, 0.15) is 0 Å². The third-order valence-corrected chi connectivity index (χ3v) is 5.00. The highest BCUT2D eigenvalue weighted by atomic mass is 16.1. The normalized spacial score (nSPS) is 13.1. The average Bonchev–Trinajstić information content (AvgIpc) is 3.04. The van der Waals surface area contributed by atoms with Gasteiger partial charge in [0.15, 0.2) is 0 Å². The van der Waals surface area contributed by atoms with Gasteiger partial charge in [-0.05, 0) is 61.9 Å². The largest absolute Gasteiger partial charge is 0.322 e. The second kappa shape index (κ2) is 5.75. The summed E-state index contributed by atoms with van der Waals surface area (Å²) in [7, 11) is 0. The Morgan fingerprint density at radius 3 is 2.75 bits per heavy atom. The van der Waals surface area contributed by atoms with Crippen molar-refractivity contribution in [1.82, 2.24) is 4.98 Å². The number of hydrogen-bond donors (Lipinski definition) is 1. The highest BCUT2D eigenvalue weighted by Crippen LogP contribution is 2.31. The lowest BCUT2D eigenvalue weighted by Crippen LogP contribution is -2.16. The first-order chi connectivity index (χ1) is 11.6. The third kappa shape index (κ3) is 2.37. The number of benzene rings is 2. The Kier molecular flexibility index (Phi) is 3.57. The zero-order chi connectivity index (χ0) is 16.7. The van der Waals surface area contributed by atoms with Crippen molar-refractivity contribution in [3.63, 3.8) is 0 Å². The highest BCUT2D eigenvalue weighted by molar-refractivity contribution is 6.14. The summed E-state index contributed by atoms with van der Waals surface area (Å²) in [5.74, 6) is -0.0274. The summed E-state index contributed by atoms with van der Waals surface area (Å²) in [5.41, 5.74) is 7.08. The summed E-state index contributed by atoms with van der Waals surface area (Å²) in [6, 6.07) is 13.9. The van der Waals surface area contributed by atoms with E-state index in [1.165, 1.54) is 5.56 Å². The van der Waals surface area contributed by atoms with Crippen LogP contribution in [0.4, 0.5) is 5.69 Å². The number of anilines is 1. The van der Waals surface area contributed by atoms with Crippen LogP contribution in [-0.4, -0.2) is 10.9 Å². The first-order valence-corrected chi connectivity index (χ1v) is 8.43. The smallest absolute Gasteiger partial charge is 0.256 e. The van der Waals surface area contributed by atoms with E-state index in [4.69, 9.17) is 4.98 Å². The SMILES string of the molecule is Cc1cccc(NC(=O)c2c3c(nc4ccccc24)CCC3)c1C. The lowest BCUT2D eigenvalue weighted by molar-refractivity contribution is 0.102. The molecule has 1 heterocycles. The minimum absolute atomic E-state index is 0.0274. The molecule has 3 heteroatoms. The standard InChI is InChI=1S/C21H20N2O/c1-13-7-5-11-17(14(13)2)23-21(24)20-15-8-3-4-10-18(15)22-19-12-6-9-16(19)20/h3-5,7-8,10-11H,6,9,12H2,1-2H3,(H,23,24).